The summed E-state index contributed by atoms with van der Waals surface area (Å²) in [4.78, 5) is 16.9. The van der Waals surface area contributed by atoms with E-state index in [-0.39, 0.29) is 34.8 Å². The van der Waals surface area contributed by atoms with Crippen molar-refractivity contribution >= 4 is 27.0 Å². The molecule has 1 saturated carbocycles. The summed E-state index contributed by atoms with van der Waals surface area (Å²) < 4.78 is 63.0. The molecular weight excluding hydrogens is 590 g/mol. The first-order valence-corrected chi connectivity index (χ1v) is 15.8. The van der Waals surface area contributed by atoms with E-state index in [2.05, 4.69) is 16.0 Å². The summed E-state index contributed by atoms with van der Waals surface area (Å²) in [6.07, 6.45) is 3.17. The molecule has 0 unspecified atom stereocenters. The number of rotatable bonds is 6. The van der Waals surface area contributed by atoms with E-state index >= 15 is 0 Å². The van der Waals surface area contributed by atoms with Gasteiger partial charge in [0.1, 0.15) is 5.75 Å². The first-order valence-electron chi connectivity index (χ1n) is 14.3. The zero-order valence-corrected chi connectivity index (χ0v) is 25.6. The lowest BCUT2D eigenvalue weighted by molar-refractivity contribution is -0.186. The summed E-state index contributed by atoms with van der Waals surface area (Å²) in [6.45, 7) is 5.20. The Kier molecular flexibility index (Phi) is 8.58. The van der Waals surface area contributed by atoms with Crippen molar-refractivity contribution in [3.05, 3.63) is 94.7 Å². The van der Waals surface area contributed by atoms with E-state index in [1.165, 1.54) is 12.1 Å². The van der Waals surface area contributed by atoms with Crippen LogP contribution >= 0.6 is 0 Å². The SMILES string of the molecule is COc1cc(C)c2[nH]ccc2c1CN1CCC2(C[C@H]1c1ccc(C(=O)O)cc1)CC(F)(F)C2.Cc1ccc(S(=O)(=O)O)cc1. The standard InChI is InChI=1S/C26H28F2N2O3.C7H8O3S/c1-16-11-22(33-2)20(19-7-9-29-23(16)19)13-30-10-8-25(14-26(27,28)15-25)12-21(30)17-3-5-18(6-4-17)24(31)32;1-6-2-4-7(5-3-6)11(8,9)10/h3-7,9,11,21,29H,8,10,12-15H2,1-2H3,(H,31,32);2-5H,1H3,(H,8,9,10)/t21-;/m0./s1. The molecule has 2 heterocycles. The van der Waals surface area contributed by atoms with Gasteiger partial charge in [0.2, 0.25) is 5.92 Å². The maximum Gasteiger partial charge on any atom is 0.335 e. The predicted octanol–water partition coefficient (Wildman–Crippen LogP) is 7.18. The highest BCUT2D eigenvalue weighted by Gasteiger charge is 2.58. The van der Waals surface area contributed by atoms with Crippen LogP contribution < -0.4 is 4.74 Å². The van der Waals surface area contributed by atoms with Crippen LogP contribution in [0.2, 0.25) is 0 Å². The molecule has 8 nitrogen and oxygen atoms in total. The van der Waals surface area contributed by atoms with Crippen molar-refractivity contribution in [3.8, 4) is 5.75 Å². The van der Waals surface area contributed by atoms with Crippen molar-refractivity contribution in [3.63, 3.8) is 0 Å². The second-order valence-electron chi connectivity index (χ2n) is 12.0. The Hall–Kier alpha value is -3.80. The minimum absolute atomic E-state index is 0.0620. The van der Waals surface area contributed by atoms with Crippen LogP contribution in [0.4, 0.5) is 8.78 Å². The smallest absolute Gasteiger partial charge is 0.335 e. The fourth-order valence-corrected chi connectivity index (χ4v) is 7.08. The summed E-state index contributed by atoms with van der Waals surface area (Å²) in [5, 5.41) is 10.4. The number of H-pyrrole nitrogens is 1. The number of piperidine rings is 1. The van der Waals surface area contributed by atoms with Gasteiger partial charge in [-0.1, -0.05) is 29.8 Å². The van der Waals surface area contributed by atoms with Crippen molar-refractivity contribution in [2.45, 2.75) is 62.9 Å². The Morgan fingerprint density at radius 3 is 2.30 bits per heavy atom. The maximum atomic E-state index is 13.9. The number of nitrogens with zero attached hydrogens (tertiary/aromatic N) is 1. The third kappa shape index (κ3) is 6.64. The van der Waals surface area contributed by atoms with E-state index in [9.17, 15) is 27.1 Å². The van der Waals surface area contributed by atoms with Gasteiger partial charge in [0, 0.05) is 48.1 Å². The molecule has 6 rings (SSSR count). The molecule has 1 aliphatic carbocycles. The predicted molar refractivity (Wildman–Crippen MR) is 163 cm³/mol. The minimum Gasteiger partial charge on any atom is -0.496 e. The first kappa shape index (κ1) is 31.6. The molecule has 1 spiro atoms. The lowest BCUT2D eigenvalue weighted by Gasteiger charge is -2.54. The van der Waals surface area contributed by atoms with Gasteiger partial charge < -0.3 is 14.8 Å². The van der Waals surface area contributed by atoms with E-state index in [0.29, 0.717) is 19.5 Å². The van der Waals surface area contributed by atoms with E-state index in [4.69, 9.17) is 9.29 Å². The quantitative estimate of drug-likeness (QED) is 0.194. The highest BCUT2D eigenvalue weighted by Crippen LogP contribution is 2.60. The van der Waals surface area contributed by atoms with Gasteiger partial charge in [0.05, 0.1) is 17.6 Å². The summed E-state index contributed by atoms with van der Waals surface area (Å²) in [5.41, 5.74) is 5.03. The second kappa shape index (κ2) is 11.9. The number of ether oxygens (including phenoxy) is 1. The van der Waals surface area contributed by atoms with Crippen molar-refractivity contribution in [2.75, 3.05) is 13.7 Å². The third-order valence-corrected chi connectivity index (χ3v) is 9.69. The van der Waals surface area contributed by atoms with Crippen LogP contribution in [0, 0.1) is 19.3 Å². The number of methoxy groups -OCH3 is 1. The van der Waals surface area contributed by atoms with Gasteiger partial charge in [-0.05, 0) is 86.2 Å². The molecule has 234 valence electrons. The highest BCUT2D eigenvalue weighted by atomic mass is 32.2. The molecule has 1 aromatic heterocycles. The lowest BCUT2D eigenvalue weighted by atomic mass is 9.59. The molecule has 2 aliphatic rings. The van der Waals surface area contributed by atoms with Crippen LogP contribution in [0.25, 0.3) is 10.9 Å². The number of aryl methyl sites for hydroxylation is 2. The number of likely N-dealkylation sites (tertiary alicyclic amines) is 1. The number of hydrogen-bond acceptors (Lipinski definition) is 5. The Labute approximate surface area is 255 Å². The topological polar surface area (TPSA) is 120 Å². The highest BCUT2D eigenvalue weighted by molar-refractivity contribution is 7.85. The van der Waals surface area contributed by atoms with Crippen LogP contribution in [0.5, 0.6) is 5.75 Å². The number of carboxylic acids is 1. The maximum absolute atomic E-state index is 13.9. The van der Waals surface area contributed by atoms with Crippen LogP contribution in [-0.2, 0) is 16.7 Å². The average molecular weight is 627 g/mol. The van der Waals surface area contributed by atoms with E-state index < -0.39 is 22.0 Å². The minimum atomic E-state index is -4.02. The number of hydrogen-bond donors (Lipinski definition) is 3. The zero-order chi connectivity index (χ0) is 31.9. The van der Waals surface area contributed by atoms with Gasteiger partial charge >= 0.3 is 5.97 Å². The average Bonchev–Trinajstić information content (AvgIpc) is 3.45. The number of benzene rings is 3. The molecule has 1 aliphatic heterocycles. The zero-order valence-electron chi connectivity index (χ0n) is 24.8. The molecule has 3 aromatic carbocycles. The molecule has 1 saturated heterocycles. The largest absolute Gasteiger partial charge is 0.496 e. The summed E-state index contributed by atoms with van der Waals surface area (Å²) in [5.74, 6) is -2.73. The Bertz CT molecular complexity index is 1760. The van der Waals surface area contributed by atoms with Gasteiger partial charge in [-0.3, -0.25) is 9.45 Å². The third-order valence-electron chi connectivity index (χ3n) is 8.82. The van der Waals surface area contributed by atoms with Gasteiger partial charge in [0.15, 0.2) is 0 Å². The van der Waals surface area contributed by atoms with Gasteiger partial charge in [0.25, 0.3) is 10.1 Å². The molecule has 2 fully saturated rings. The molecule has 3 N–H and O–H groups in total. The van der Waals surface area contributed by atoms with Crippen LogP contribution in [-0.4, -0.2) is 53.5 Å². The van der Waals surface area contributed by atoms with Crippen molar-refractivity contribution in [1.82, 2.24) is 9.88 Å². The fourth-order valence-electron chi connectivity index (χ4n) is 6.60. The molecule has 0 radical (unpaired) electrons. The summed E-state index contributed by atoms with van der Waals surface area (Å²) in [7, 11) is -2.35. The molecule has 4 aromatic rings. The number of fused-ring (bicyclic) bond motifs is 1. The van der Waals surface area contributed by atoms with Crippen LogP contribution in [0.15, 0.2) is 71.8 Å². The summed E-state index contributed by atoms with van der Waals surface area (Å²) >= 11 is 0. The van der Waals surface area contributed by atoms with E-state index in [1.807, 2.05) is 38.2 Å². The second-order valence-corrected chi connectivity index (χ2v) is 13.4. The van der Waals surface area contributed by atoms with Crippen molar-refractivity contribution in [2.24, 2.45) is 5.41 Å². The van der Waals surface area contributed by atoms with Gasteiger partial charge in [-0.2, -0.15) is 8.42 Å². The van der Waals surface area contributed by atoms with E-state index in [1.54, 1.807) is 31.4 Å². The van der Waals surface area contributed by atoms with Crippen molar-refractivity contribution in [1.29, 1.82) is 0 Å². The number of nitrogens with one attached hydrogen (secondary N) is 1. The molecule has 1 atom stereocenters. The molecule has 44 heavy (non-hydrogen) atoms. The number of aromatic carboxylic acids is 1. The normalized spacial score (nSPS) is 19.2. The van der Waals surface area contributed by atoms with Crippen molar-refractivity contribution < 1.29 is 36.4 Å². The molecule has 0 amide bonds. The van der Waals surface area contributed by atoms with Gasteiger partial charge in [-0.25, -0.2) is 13.6 Å². The Morgan fingerprint density at radius 1 is 1.07 bits per heavy atom. The fraction of sp³-hybridized carbons (Fsp3) is 0.364. The number of aromatic amines is 1. The number of halogens is 2. The van der Waals surface area contributed by atoms with Crippen LogP contribution in [0.1, 0.15) is 64.3 Å². The van der Waals surface area contributed by atoms with Crippen LogP contribution in [0.3, 0.4) is 0 Å². The number of aromatic nitrogens is 1. The van der Waals surface area contributed by atoms with Gasteiger partial charge in [-0.15, -0.1) is 0 Å². The van der Waals surface area contributed by atoms with E-state index in [0.717, 1.165) is 45.3 Å². The lowest BCUT2D eigenvalue weighted by Crippen LogP contribution is -2.53. The number of carbonyl (C=O) groups is 1. The Morgan fingerprint density at radius 2 is 1.73 bits per heavy atom. The molecule has 0 bridgehead atoms. The number of alkyl halides is 2. The monoisotopic (exact) mass is 626 g/mol. The first-order chi connectivity index (χ1) is 20.7. The Balaban J connectivity index is 0.000000296. The molecular formula is C33H36F2N2O6S. The number of carboxylic acid groups (broad SMARTS) is 1. The molecule has 11 heteroatoms. The summed E-state index contributed by atoms with van der Waals surface area (Å²) in [6, 6.07) is 16.9.